The molecule has 1 aliphatic rings. The van der Waals surface area contributed by atoms with Crippen molar-refractivity contribution in [1.29, 1.82) is 0 Å². The van der Waals surface area contributed by atoms with Crippen LogP contribution >= 0.6 is 0 Å². The highest BCUT2D eigenvalue weighted by atomic mass is 19.4. The summed E-state index contributed by atoms with van der Waals surface area (Å²) in [6.07, 6.45) is 3.26. The Kier molecular flexibility index (Phi) is 4.82. The van der Waals surface area contributed by atoms with Crippen molar-refractivity contribution in [2.75, 3.05) is 11.9 Å². The molecule has 2 rings (SSSR count). The number of rotatable bonds is 4. The lowest BCUT2D eigenvalue weighted by Crippen LogP contribution is -2.23. The van der Waals surface area contributed by atoms with Gasteiger partial charge in [0.2, 0.25) is 11.8 Å². The maximum atomic E-state index is 12.0. The first-order valence-electron chi connectivity index (χ1n) is 6.55. The Morgan fingerprint density at radius 1 is 1.38 bits per heavy atom. The number of pyridine rings is 1. The number of alkyl halides is 3. The standard InChI is InChI=1S/C14H15F3N2O2/c15-14(16,17)9-21-12-7-6-11(8-18-12)19-13(20)10-4-2-1-3-5-10/h1-2,6-8,10H,3-5,9H2,(H,19,20)/t10-/m0/s1. The number of hydrogen-bond acceptors (Lipinski definition) is 3. The number of nitrogens with zero attached hydrogens (tertiary/aromatic N) is 1. The molecule has 0 fully saturated rings. The Labute approximate surface area is 120 Å². The molecule has 1 aromatic rings. The topological polar surface area (TPSA) is 51.2 Å². The summed E-state index contributed by atoms with van der Waals surface area (Å²) in [6, 6.07) is 2.76. The van der Waals surface area contributed by atoms with Gasteiger partial charge in [-0.2, -0.15) is 13.2 Å². The summed E-state index contributed by atoms with van der Waals surface area (Å²) >= 11 is 0. The molecule has 114 valence electrons. The fourth-order valence-corrected chi connectivity index (χ4v) is 1.97. The van der Waals surface area contributed by atoms with E-state index in [4.69, 9.17) is 0 Å². The zero-order valence-electron chi connectivity index (χ0n) is 11.2. The van der Waals surface area contributed by atoms with E-state index in [2.05, 4.69) is 15.0 Å². The minimum Gasteiger partial charge on any atom is -0.468 e. The van der Waals surface area contributed by atoms with E-state index in [1.807, 2.05) is 12.2 Å². The number of halogens is 3. The molecule has 0 spiro atoms. The first kappa shape index (κ1) is 15.3. The van der Waals surface area contributed by atoms with E-state index in [1.165, 1.54) is 18.3 Å². The summed E-state index contributed by atoms with van der Waals surface area (Å²) in [6.45, 7) is -1.39. The van der Waals surface area contributed by atoms with Gasteiger partial charge in [0.05, 0.1) is 11.9 Å². The highest BCUT2D eigenvalue weighted by Crippen LogP contribution is 2.21. The molecule has 1 amide bonds. The van der Waals surface area contributed by atoms with Gasteiger partial charge in [-0.3, -0.25) is 4.79 Å². The third kappa shape index (κ3) is 5.09. The second-order valence-electron chi connectivity index (χ2n) is 4.76. The van der Waals surface area contributed by atoms with Crippen molar-refractivity contribution in [2.45, 2.75) is 25.4 Å². The summed E-state index contributed by atoms with van der Waals surface area (Å²) in [5.74, 6) is -0.313. The predicted octanol–water partition coefficient (Wildman–Crippen LogP) is 3.32. The molecule has 7 heteroatoms. The first-order valence-corrected chi connectivity index (χ1v) is 6.55. The Morgan fingerprint density at radius 3 is 2.76 bits per heavy atom. The van der Waals surface area contributed by atoms with Gasteiger partial charge in [-0.15, -0.1) is 0 Å². The van der Waals surface area contributed by atoms with Crippen LogP contribution in [-0.4, -0.2) is 23.7 Å². The van der Waals surface area contributed by atoms with Crippen molar-refractivity contribution in [3.63, 3.8) is 0 Å². The average Bonchev–Trinajstić information content (AvgIpc) is 2.46. The molecule has 0 aromatic carbocycles. The summed E-state index contributed by atoms with van der Waals surface area (Å²) in [7, 11) is 0. The summed E-state index contributed by atoms with van der Waals surface area (Å²) in [5.41, 5.74) is 0.439. The van der Waals surface area contributed by atoms with Crippen LogP contribution < -0.4 is 10.1 Å². The number of ether oxygens (including phenoxy) is 1. The highest BCUT2D eigenvalue weighted by molar-refractivity contribution is 5.92. The molecule has 1 aliphatic carbocycles. The van der Waals surface area contributed by atoms with Crippen molar-refractivity contribution >= 4 is 11.6 Å². The van der Waals surface area contributed by atoms with Gasteiger partial charge in [0, 0.05) is 12.0 Å². The second kappa shape index (κ2) is 6.60. The van der Waals surface area contributed by atoms with Crippen LogP contribution in [-0.2, 0) is 4.79 Å². The quantitative estimate of drug-likeness (QED) is 0.868. The molecule has 0 bridgehead atoms. The Bertz CT molecular complexity index is 512. The fourth-order valence-electron chi connectivity index (χ4n) is 1.97. The van der Waals surface area contributed by atoms with Gasteiger partial charge >= 0.3 is 6.18 Å². The van der Waals surface area contributed by atoms with E-state index in [0.717, 1.165) is 12.8 Å². The average molecular weight is 300 g/mol. The SMILES string of the molecule is O=C(Nc1ccc(OCC(F)(F)F)nc1)[C@H]1CC=CCC1. The third-order valence-corrected chi connectivity index (χ3v) is 3.03. The fraction of sp³-hybridized carbons (Fsp3) is 0.429. The lowest BCUT2D eigenvalue weighted by molar-refractivity contribution is -0.154. The first-order chi connectivity index (χ1) is 9.94. The number of carbonyl (C=O) groups is 1. The van der Waals surface area contributed by atoms with E-state index in [1.54, 1.807) is 0 Å². The molecule has 0 saturated heterocycles. The molecule has 1 aromatic heterocycles. The van der Waals surface area contributed by atoms with E-state index < -0.39 is 12.8 Å². The highest BCUT2D eigenvalue weighted by Gasteiger charge is 2.28. The Balaban J connectivity index is 1.87. The molecular formula is C14H15F3N2O2. The molecule has 4 nitrogen and oxygen atoms in total. The lowest BCUT2D eigenvalue weighted by Gasteiger charge is -2.17. The summed E-state index contributed by atoms with van der Waals surface area (Å²) in [4.78, 5) is 15.7. The van der Waals surface area contributed by atoms with Gasteiger partial charge in [0.25, 0.3) is 0 Å². The molecular weight excluding hydrogens is 285 g/mol. The number of hydrogen-bond donors (Lipinski definition) is 1. The molecule has 0 unspecified atom stereocenters. The number of anilines is 1. The maximum Gasteiger partial charge on any atom is 0.422 e. The van der Waals surface area contributed by atoms with Gasteiger partial charge < -0.3 is 10.1 Å². The number of nitrogens with one attached hydrogen (secondary N) is 1. The van der Waals surface area contributed by atoms with E-state index in [0.29, 0.717) is 12.1 Å². The molecule has 0 saturated carbocycles. The van der Waals surface area contributed by atoms with Crippen LogP contribution in [0.15, 0.2) is 30.5 Å². The third-order valence-electron chi connectivity index (χ3n) is 3.03. The zero-order chi connectivity index (χ0) is 15.3. The zero-order valence-corrected chi connectivity index (χ0v) is 11.2. The Hall–Kier alpha value is -2.05. The Morgan fingerprint density at radius 2 is 2.19 bits per heavy atom. The minimum atomic E-state index is -4.40. The van der Waals surface area contributed by atoms with Crippen molar-refractivity contribution < 1.29 is 22.7 Å². The van der Waals surface area contributed by atoms with Crippen molar-refractivity contribution in [3.05, 3.63) is 30.5 Å². The lowest BCUT2D eigenvalue weighted by atomic mass is 9.93. The minimum absolute atomic E-state index is 0.0730. The van der Waals surface area contributed by atoms with Crippen molar-refractivity contribution in [3.8, 4) is 5.88 Å². The maximum absolute atomic E-state index is 12.0. The molecule has 1 heterocycles. The molecule has 0 radical (unpaired) electrons. The predicted molar refractivity (Wildman–Crippen MR) is 70.9 cm³/mol. The van der Waals surface area contributed by atoms with Crippen LogP contribution in [0.5, 0.6) is 5.88 Å². The molecule has 1 atom stereocenters. The molecule has 1 N–H and O–H groups in total. The largest absolute Gasteiger partial charge is 0.468 e. The van der Waals surface area contributed by atoms with Gasteiger partial charge in [-0.1, -0.05) is 12.2 Å². The van der Waals surface area contributed by atoms with E-state index in [-0.39, 0.29) is 17.7 Å². The van der Waals surface area contributed by atoms with Crippen LogP contribution in [0, 0.1) is 5.92 Å². The van der Waals surface area contributed by atoms with Crippen LogP contribution in [0.25, 0.3) is 0 Å². The van der Waals surface area contributed by atoms with Crippen LogP contribution in [0.1, 0.15) is 19.3 Å². The van der Waals surface area contributed by atoms with Crippen LogP contribution in [0.3, 0.4) is 0 Å². The van der Waals surface area contributed by atoms with Gasteiger partial charge in [0.15, 0.2) is 6.61 Å². The van der Waals surface area contributed by atoms with Gasteiger partial charge in [-0.25, -0.2) is 4.98 Å². The number of allylic oxidation sites excluding steroid dienone is 2. The molecule has 0 aliphatic heterocycles. The van der Waals surface area contributed by atoms with Crippen LogP contribution in [0.4, 0.5) is 18.9 Å². The van der Waals surface area contributed by atoms with Gasteiger partial charge in [-0.05, 0) is 25.3 Å². The summed E-state index contributed by atoms with van der Waals surface area (Å²) in [5, 5.41) is 2.70. The molecule has 21 heavy (non-hydrogen) atoms. The van der Waals surface area contributed by atoms with E-state index in [9.17, 15) is 18.0 Å². The monoisotopic (exact) mass is 300 g/mol. The second-order valence-corrected chi connectivity index (χ2v) is 4.76. The van der Waals surface area contributed by atoms with E-state index >= 15 is 0 Å². The number of aromatic nitrogens is 1. The number of carbonyl (C=O) groups excluding carboxylic acids is 1. The number of amides is 1. The summed E-state index contributed by atoms with van der Waals surface area (Å²) < 4.78 is 40.4. The van der Waals surface area contributed by atoms with Crippen molar-refractivity contribution in [1.82, 2.24) is 4.98 Å². The normalized spacial score (nSPS) is 18.3. The van der Waals surface area contributed by atoms with Gasteiger partial charge in [0.1, 0.15) is 0 Å². The van der Waals surface area contributed by atoms with Crippen LogP contribution in [0.2, 0.25) is 0 Å². The smallest absolute Gasteiger partial charge is 0.422 e. The van der Waals surface area contributed by atoms with Crippen molar-refractivity contribution in [2.24, 2.45) is 5.92 Å².